The van der Waals surface area contributed by atoms with Crippen LogP contribution < -0.4 is 0 Å². The summed E-state index contributed by atoms with van der Waals surface area (Å²) in [5.74, 6) is 0. The number of methoxy groups -OCH3 is 1. The highest BCUT2D eigenvalue weighted by Crippen LogP contribution is 2.11. The average Bonchev–Trinajstić information content (AvgIpc) is 2.98. The van der Waals surface area contributed by atoms with Gasteiger partial charge in [0.25, 0.3) is 0 Å². The van der Waals surface area contributed by atoms with Crippen molar-refractivity contribution in [1.82, 2.24) is 4.90 Å². The van der Waals surface area contributed by atoms with Crippen molar-refractivity contribution >= 4 is 0 Å². The lowest BCUT2D eigenvalue weighted by atomic mass is 10.1. The zero-order valence-corrected chi connectivity index (χ0v) is 28.3. The molecule has 2 heteroatoms. The number of unbranched alkanes of at least 4 members (excludes halogenated alkanes) is 18. The standard InChI is InChI=1S/C39H73NO/c1-4-6-8-10-12-14-16-18-20-22-24-26-28-30-32-34-36-40(38-39-41-3)37-35-33-31-29-27-25-23-21-19-17-15-13-11-9-7-5-2/h12-15,18-21H,4-11,16-17,22-39H2,1-3H3/b14-12-,15-13-,20-18-,21-19?. The highest BCUT2D eigenvalue weighted by Gasteiger charge is 2.04. The van der Waals surface area contributed by atoms with E-state index in [4.69, 9.17) is 4.74 Å². The van der Waals surface area contributed by atoms with Crippen LogP contribution in [0.1, 0.15) is 168 Å². The van der Waals surface area contributed by atoms with Gasteiger partial charge < -0.3 is 9.64 Å². The van der Waals surface area contributed by atoms with Crippen LogP contribution in [0.3, 0.4) is 0 Å². The third kappa shape index (κ3) is 35.0. The topological polar surface area (TPSA) is 12.5 Å². The van der Waals surface area contributed by atoms with Gasteiger partial charge in [-0.15, -0.1) is 0 Å². The van der Waals surface area contributed by atoms with Crippen molar-refractivity contribution in [3.05, 3.63) is 48.6 Å². The molecule has 2 nitrogen and oxygen atoms in total. The molecule has 0 radical (unpaired) electrons. The number of rotatable bonds is 33. The predicted molar refractivity (Wildman–Crippen MR) is 187 cm³/mol. The van der Waals surface area contributed by atoms with Gasteiger partial charge in [-0.25, -0.2) is 0 Å². The molecule has 0 aliphatic rings. The van der Waals surface area contributed by atoms with Gasteiger partial charge in [-0.05, 0) is 90.1 Å². The second kappa shape index (κ2) is 36.9. The van der Waals surface area contributed by atoms with E-state index in [9.17, 15) is 0 Å². The van der Waals surface area contributed by atoms with Crippen molar-refractivity contribution in [2.75, 3.05) is 33.4 Å². The Kier molecular flexibility index (Phi) is 35.9. The highest BCUT2D eigenvalue weighted by atomic mass is 16.5. The minimum Gasteiger partial charge on any atom is -0.383 e. The van der Waals surface area contributed by atoms with Crippen molar-refractivity contribution in [3.8, 4) is 0 Å². The Morgan fingerprint density at radius 3 is 1.10 bits per heavy atom. The van der Waals surface area contributed by atoms with Crippen LogP contribution in [0.5, 0.6) is 0 Å². The minimum absolute atomic E-state index is 0.865. The van der Waals surface area contributed by atoms with Gasteiger partial charge in [-0.2, -0.15) is 0 Å². The van der Waals surface area contributed by atoms with Crippen LogP contribution in [-0.2, 0) is 4.74 Å². The van der Waals surface area contributed by atoms with Crippen molar-refractivity contribution < 1.29 is 4.74 Å². The molecule has 0 amide bonds. The first-order valence-electron chi connectivity index (χ1n) is 18.2. The first-order valence-corrected chi connectivity index (χ1v) is 18.2. The Bertz CT molecular complexity index is 542. The van der Waals surface area contributed by atoms with Crippen LogP contribution in [0.15, 0.2) is 48.6 Å². The van der Waals surface area contributed by atoms with Gasteiger partial charge >= 0.3 is 0 Å². The van der Waals surface area contributed by atoms with Crippen LogP contribution in [0.4, 0.5) is 0 Å². The molecule has 0 unspecified atom stereocenters. The number of hydrogen-bond donors (Lipinski definition) is 0. The maximum absolute atomic E-state index is 5.38. The molecule has 0 aromatic rings. The van der Waals surface area contributed by atoms with Gasteiger partial charge in [-0.1, -0.05) is 140 Å². The van der Waals surface area contributed by atoms with Gasteiger partial charge in [0, 0.05) is 13.7 Å². The molecule has 0 fully saturated rings. The molecule has 0 aromatic heterocycles. The van der Waals surface area contributed by atoms with Crippen molar-refractivity contribution in [1.29, 1.82) is 0 Å². The summed E-state index contributed by atoms with van der Waals surface area (Å²) in [6, 6.07) is 0. The molecule has 41 heavy (non-hydrogen) atoms. The number of nitrogens with zero attached hydrogens (tertiary/aromatic N) is 1. The van der Waals surface area contributed by atoms with E-state index >= 15 is 0 Å². The fourth-order valence-corrected chi connectivity index (χ4v) is 5.20. The SMILES string of the molecule is CCCCC/C=C\CC=CCCCCCCCCN(CCCCCCCC/C=C\C/C=C\CCCCC)CCOC. The molecule has 0 saturated carbocycles. The first kappa shape index (κ1) is 39.9. The molecule has 0 atom stereocenters. The molecule has 0 rings (SSSR count). The molecule has 0 spiro atoms. The third-order valence-corrected chi connectivity index (χ3v) is 7.96. The largest absolute Gasteiger partial charge is 0.383 e. The van der Waals surface area contributed by atoms with E-state index in [1.807, 2.05) is 7.11 Å². The predicted octanol–water partition coefficient (Wildman–Crippen LogP) is 12.6. The summed E-state index contributed by atoms with van der Waals surface area (Å²) in [4.78, 5) is 2.65. The summed E-state index contributed by atoms with van der Waals surface area (Å²) in [5, 5.41) is 0. The quantitative estimate of drug-likeness (QED) is 0.0573. The van der Waals surface area contributed by atoms with E-state index in [0.29, 0.717) is 0 Å². The van der Waals surface area contributed by atoms with E-state index in [1.165, 1.54) is 154 Å². The van der Waals surface area contributed by atoms with Gasteiger partial charge in [0.2, 0.25) is 0 Å². The Labute approximate surface area is 259 Å². The van der Waals surface area contributed by atoms with E-state index in [1.54, 1.807) is 0 Å². The maximum Gasteiger partial charge on any atom is 0.0589 e. The Morgan fingerprint density at radius 1 is 0.390 bits per heavy atom. The van der Waals surface area contributed by atoms with Crippen LogP contribution in [0.2, 0.25) is 0 Å². The van der Waals surface area contributed by atoms with Crippen LogP contribution in [-0.4, -0.2) is 38.3 Å². The van der Waals surface area contributed by atoms with Crippen LogP contribution >= 0.6 is 0 Å². The molecule has 0 aliphatic carbocycles. The Hall–Kier alpha value is -1.12. The summed E-state index contributed by atoms with van der Waals surface area (Å²) < 4.78 is 5.38. The monoisotopic (exact) mass is 572 g/mol. The molecular formula is C39H73NO. The van der Waals surface area contributed by atoms with Gasteiger partial charge in [0.15, 0.2) is 0 Å². The first-order chi connectivity index (χ1) is 20.3. The molecular weight excluding hydrogens is 498 g/mol. The van der Waals surface area contributed by atoms with Crippen molar-refractivity contribution in [2.24, 2.45) is 0 Å². The summed E-state index contributed by atoms with van der Waals surface area (Å²) in [5.41, 5.74) is 0. The van der Waals surface area contributed by atoms with E-state index in [0.717, 1.165) is 26.0 Å². The zero-order chi connectivity index (χ0) is 29.7. The fourth-order valence-electron chi connectivity index (χ4n) is 5.20. The molecule has 0 bridgehead atoms. The lowest BCUT2D eigenvalue weighted by Crippen LogP contribution is -2.29. The number of ether oxygens (including phenoxy) is 1. The molecule has 0 saturated heterocycles. The molecule has 0 aromatic carbocycles. The van der Waals surface area contributed by atoms with E-state index in [2.05, 4.69) is 67.4 Å². The van der Waals surface area contributed by atoms with E-state index in [-0.39, 0.29) is 0 Å². The third-order valence-electron chi connectivity index (χ3n) is 7.96. The molecule has 240 valence electrons. The Morgan fingerprint density at radius 2 is 0.732 bits per heavy atom. The van der Waals surface area contributed by atoms with Crippen molar-refractivity contribution in [3.63, 3.8) is 0 Å². The zero-order valence-electron chi connectivity index (χ0n) is 28.3. The second-order valence-electron chi connectivity index (χ2n) is 12.0. The van der Waals surface area contributed by atoms with Gasteiger partial charge in [-0.3, -0.25) is 0 Å². The normalized spacial score (nSPS) is 12.5. The van der Waals surface area contributed by atoms with Crippen molar-refractivity contribution in [2.45, 2.75) is 168 Å². The lowest BCUT2D eigenvalue weighted by Gasteiger charge is -2.22. The molecule has 0 N–H and O–H groups in total. The average molecular weight is 572 g/mol. The number of hydrogen-bond acceptors (Lipinski definition) is 2. The molecule has 0 heterocycles. The summed E-state index contributed by atoms with van der Waals surface area (Å²) in [6.45, 7) is 8.99. The number of allylic oxidation sites excluding steroid dienone is 8. The van der Waals surface area contributed by atoms with Gasteiger partial charge in [0.1, 0.15) is 0 Å². The smallest absolute Gasteiger partial charge is 0.0589 e. The van der Waals surface area contributed by atoms with Gasteiger partial charge in [0.05, 0.1) is 6.61 Å². The van der Waals surface area contributed by atoms with Crippen LogP contribution in [0.25, 0.3) is 0 Å². The summed E-state index contributed by atoms with van der Waals surface area (Å²) >= 11 is 0. The fraction of sp³-hybridized carbons (Fsp3) is 0.795. The van der Waals surface area contributed by atoms with Crippen LogP contribution in [0, 0.1) is 0 Å². The lowest BCUT2D eigenvalue weighted by molar-refractivity contribution is 0.145. The molecule has 0 aliphatic heterocycles. The minimum atomic E-state index is 0.865. The Balaban J connectivity index is 3.60. The van der Waals surface area contributed by atoms with E-state index < -0.39 is 0 Å². The second-order valence-corrected chi connectivity index (χ2v) is 12.0. The summed E-state index contributed by atoms with van der Waals surface area (Å²) in [6.07, 6.45) is 50.6. The highest BCUT2D eigenvalue weighted by molar-refractivity contribution is 4.93. The maximum atomic E-state index is 5.38. The summed E-state index contributed by atoms with van der Waals surface area (Å²) in [7, 11) is 1.83.